The van der Waals surface area contributed by atoms with E-state index in [1.165, 1.54) is 77.0 Å². The molecule has 1 aliphatic rings. The number of rotatable bonds is 8. The van der Waals surface area contributed by atoms with Crippen LogP contribution in [0.2, 0.25) is 0 Å². The van der Waals surface area contributed by atoms with Crippen LogP contribution >= 0.6 is 0 Å². The van der Waals surface area contributed by atoms with Crippen LogP contribution < -0.4 is 0 Å². The maximum atomic E-state index is 2.41. The molecule has 1 saturated carbocycles. The normalized spacial score (nSPS) is 19.8. The summed E-state index contributed by atoms with van der Waals surface area (Å²) in [7, 11) is 0. The quantitative estimate of drug-likeness (QED) is 0.433. The maximum Gasteiger partial charge on any atom is -0.0295 e. The summed E-state index contributed by atoms with van der Waals surface area (Å²) < 4.78 is 0. The van der Waals surface area contributed by atoms with Crippen molar-refractivity contribution >= 4 is 0 Å². The number of hydrogen-bond acceptors (Lipinski definition) is 0. The van der Waals surface area contributed by atoms with Crippen LogP contribution in [-0.2, 0) is 0 Å². The van der Waals surface area contributed by atoms with Gasteiger partial charge in [0.25, 0.3) is 0 Å². The van der Waals surface area contributed by atoms with Crippen LogP contribution in [0.5, 0.6) is 0 Å². The van der Waals surface area contributed by atoms with Crippen molar-refractivity contribution in [2.24, 2.45) is 11.3 Å². The lowest BCUT2D eigenvalue weighted by molar-refractivity contribution is 0.131. The molecule has 17 heavy (non-hydrogen) atoms. The first kappa shape index (κ1) is 15.1. The van der Waals surface area contributed by atoms with Gasteiger partial charge in [-0.2, -0.15) is 0 Å². The van der Waals surface area contributed by atoms with Gasteiger partial charge >= 0.3 is 0 Å². The van der Waals surface area contributed by atoms with E-state index in [1.54, 1.807) is 0 Å². The highest BCUT2D eigenvalue weighted by molar-refractivity contribution is 4.83. The largest absolute Gasteiger partial charge is 0.0654 e. The zero-order valence-corrected chi connectivity index (χ0v) is 12.6. The van der Waals surface area contributed by atoms with Gasteiger partial charge in [0.1, 0.15) is 0 Å². The Kier molecular flexibility index (Phi) is 7.23. The van der Waals surface area contributed by atoms with Crippen LogP contribution in [0.3, 0.4) is 0 Å². The summed E-state index contributed by atoms with van der Waals surface area (Å²) in [6.07, 6.45) is 17.8. The Balaban J connectivity index is 2.30. The lowest BCUT2D eigenvalue weighted by Crippen LogP contribution is -2.26. The average Bonchev–Trinajstić information content (AvgIpc) is 2.29. The molecule has 0 heteroatoms. The fourth-order valence-electron chi connectivity index (χ4n) is 3.83. The fourth-order valence-corrected chi connectivity index (χ4v) is 3.83. The van der Waals surface area contributed by atoms with Crippen LogP contribution in [0, 0.1) is 11.3 Å². The van der Waals surface area contributed by atoms with Crippen molar-refractivity contribution in [3.05, 3.63) is 0 Å². The van der Waals surface area contributed by atoms with Crippen molar-refractivity contribution in [1.29, 1.82) is 0 Å². The summed E-state index contributed by atoms with van der Waals surface area (Å²) in [6, 6.07) is 0. The highest BCUT2D eigenvalue weighted by Gasteiger charge is 2.31. The molecule has 0 atom stereocenters. The van der Waals surface area contributed by atoms with E-state index in [2.05, 4.69) is 20.8 Å². The molecule has 0 aromatic carbocycles. The predicted octanol–water partition coefficient (Wildman–Crippen LogP) is 6.34. The molecule has 0 spiro atoms. The molecule has 0 N–H and O–H groups in total. The number of unbranched alkanes of at least 4 members (excludes halogenated alkanes) is 4. The summed E-state index contributed by atoms with van der Waals surface area (Å²) in [6.45, 7) is 7.13. The third kappa shape index (κ3) is 5.93. The van der Waals surface area contributed by atoms with Crippen molar-refractivity contribution in [2.45, 2.75) is 97.8 Å². The average molecular weight is 238 g/mol. The van der Waals surface area contributed by atoms with Gasteiger partial charge in [0.05, 0.1) is 0 Å². The standard InChI is InChI=1S/C17H34/c1-4-5-6-7-9-12-17(15-16(2)3)13-10-8-11-14-17/h16H,4-15H2,1-3H3. The zero-order chi connectivity index (χ0) is 12.6. The van der Waals surface area contributed by atoms with E-state index in [9.17, 15) is 0 Å². The second-order valence-corrected chi connectivity index (χ2v) is 6.82. The van der Waals surface area contributed by atoms with E-state index in [0.29, 0.717) is 0 Å². The highest BCUT2D eigenvalue weighted by atomic mass is 14.4. The zero-order valence-electron chi connectivity index (χ0n) is 12.6. The van der Waals surface area contributed by atoms with Crippen LogP contribution in [0.1, 0.15) is 97.8 Å². The van der Waals surface area contributed by atoms with Gasteiger partial charge in [0.2, 0.25) is 0 Å². The Morgan fingerprint density at radius 2 is 1.53 bits per heavy atom. The molecule has 0 aromatic rings. The molecule has 1 fully saturated rings. The lowest BCUT2D eigenvalue weighted by atomic mass is 9.67. The fraction of sp³-hybridized carbons (Fsp3) is 1.00. The van der Waals surface area contributed by atoms with Crippen molar-refractivity contribution < 1.29 is 0 Å². The van der Waals surface area contributed by atoms with Gasteiger partial charge in [-0.25, -0.2) is 0 Å². The van der Waals surface area contributed by atoms with Gasteiger partial charge in [0, 0.05) is 0 Å². The van der Waals surface area contributed by atoms with E-state index in [-0.39, 0.29) is 0 Å². The van der Waals surface area contributed by atoms with Crippen molar-refractivity contribution in [3.8, 4) is 0 Å². The van der Waals surface area contributed by atoms with Gasteiger partial charge in [-0.3, -0.25) is 0 Å². The second kappa shape index (κ2) is 8.16. The molecule has 0 aromatic heterocycles. The molecule has 1 rings (SSSR count). The van der Waals surface area contributed by atoms with E-state index in [1.807, 2.05) is 0 Å². The van der Waals surface area contributed by atoms with Crippen LogP contribution in [0.25, 0.3) is 0 Å². The monoisotopic (exact) mass is 238 g/mol. The minimum atomic E-state index is 0.749. The summed E-state index contributed by atoms with van der Waals surface area (Å²) in [5, 5.41) is 0. The summed E-state index contributed by atoms with van der Waals surface area (Å²) in [4.78, 5) is 0. The molecule has 0 bridgehead atoms. The maximum absolute atomic E-state index is 2.41. The van der Waals surface area contributed by atoms with Crippen LogP contribution in [0.15, 0.2) is 0 Å². The van der Waals surface area contributed by atoms with Crippen molar-refractivity contribution in [1.82, 2.24) is 0 Å². The van der Waals surface area contributed by atoms with Crippen LogP contribution in [0.4, 0.5) is 0 Å². The van der Waals surface area contributed by atoms with Gasteiger partial charge in [-0.1, -0.05) is 72.1 Å². The number of hydrogen-bond donors (Lipinski definition) is 0. The van der Waals surface area contributed by atoms with Crippen molar-refractivity contribution in [2.75, 3.05) is 0 Å². The van der Waals surface area contributed by atoms with E-state index >= 15 is 0 Å². The first-order chi connectivity index (χ1) is 8.18. The molecule has 1 aliphatic carbocycles. The second-order valence-electron chi connectivity index (χ2n) is 6.82. The minimum absolute atomic E-state index is 0.749. The SMILES string of the molecule is CCCCCCCC1(CC(C)C)CCCCC1. The highest BCUT2D eigenvalue weighted by Crippen LogP contribution is 2.45. The third-order valence-electron chi connectivity index (χ3n) is 4.57. The summed E-state index contributed by atoms with van der Waals surface area (Å²) >= 11 is 0. The molecule has 0 aliphatic heterocycles. The molecule has 0 saturated heterocycles. The topological polar surface area (TPSA) is 0 Å². The van der Waals surface area contributed by atoms with Crippen molar-refractivity contribution in [3.63, 3.8) is 0 Å². The molecule has 0 radical (unpaired) electrons. The molecular weight excluding hydrogens is 204 g/mol. The first-order valence-corrected chi connectivity index (χ1v) is 8.18. The first-order valence-electron chi connectivity index (χ1n) is 8.18. The van der Waals surface area contributed by atoms with Gasteiger partial charge < -0.3 is 0 Å². The Morgan fingerprint density at radius 1 is 0.882 bits per heavy atom. The van der Waals surface area contributed by atoms with Gasteiger partial charge in [0.15, 0.2) is 0 Å². The van der Waals surface area contributed by atoms with E-state index < -0.39 is 0 Å². The Morgan fingerprint density at radius 3 is 2.12 bits per heavy atom. The van der Waals surface area contributed by atoms with Crippen LogP contribution in [-0.4, -0.2) is 0 Å². The molecule has 0 unspecified atom stereocenters. The molecular formula is C17H34. The Bertz CT molecular complexity index is 174. The summed E-state index contributed by atoms with van der Waals surface area (Å²) in [5.74, 6) is 0.892. The third-order valence-corrected chi connectivity index (χ3v) is 4.57. The molecule has 0 amide bonds. The molecule has 0 nitrogen and oxygen atoms in total. The lowest BCUT2D eigenvalue weighted by Gasteiger charge is -2.39. The Labute approximate surface area is 110 Å². The van der Waals surface area contributed by atoms with Gasteiger partial charge in [-0.05, 0) is 37.0 Å². The predicted molar refractivity (Wildman–Crippen MR) is 78.3 cm³/mol. The summed E-state index contributed by atoms with van der Waals surface area (Å²) in [5.41, 5.74) is 0.749. The Hall–Kier alpha value is 0. The molecule has 102 valence electrons. The molecule has 0 heterocycles. The smallest absolute Gasteiger partial charge is 0.0295 e. The van der Waals surface area contributed by atoms with E-state index in [4.69, 9.17) is 0 Å². The minimum Gasteiger partial charge on any atom is -0.0654 e. The van der Waals surface area contributed by atoms with Gasteiger partial charge in [-0.15, -0.1) is 0 Å². The van der Waals surface area contributed by atoms with E-state index in [0.717, 1.165) is 11.3 Å².